The van der Waals surface area contributed by atoms with Gasteiger partial charge in [0.15, 0.2) is 0 Å². The molecule has 0 N–H and O–H groups in total. The van der Waals surface area contributed by atoms with Crippen LogP contribution in [0.25, 0.3) is 0 Å². The molecule has 1 unspecified atom stereocenters. The summed E-state index contributed by atoms with van der Waals surface area (Å²) in [5.41, 5.74) is 0.444. The predicted octanol–water partition coefficient (Wildman–Crippen LogP) is 2.42. The van der Waals surface area contributed by atoms with E-state index in [0.717, 1.165) is 6.42 Å². The number of non-ortho nitro benzene ring substituents is 1. The Bertz CT molecular complexity index is 828. The standard InChI is InChI=1S/C14H15N3O5S/c1-10-9-13(15-22-10)14-3-2-8-16(14)23(20,21)12-6-4-11(5-7-12)17(18)19/h4-7,9,14H,2-3,8H2,1H3. The van der Waals surface area contributed by atoms with Crippen molar-refractivity contribution in [3.8, 4) is 0 Å². The van der Waals surface area contributed by atoms with Gasteiger partial charge in [-0.15, -0.1) is 0 Å². The molecule has 1 atom stereocenters. The Kier molecular flexibility index (Phi) is 3.90. The van der Waals surface area contributed by atoms with Crippen LogP contribution in [-0.2, 0) is 10.0 Å². The monoisotopic (exact) mass is 337 g/mol. The van der Waals surface area contributed by atoms with Crippen molar-refractivity contribution >= 4 is 15.7 Å². The molecule has 0 bridgehead atoms. The lowest BCUT2D eigenvalue weighted by molar-refractivity contribution is -0.384. The molecule has 9 heteroatoms. The number of nitro groups is 1. The summed E-state index contributed by atoms with van der Waals surface area (Å²) in [6.07, 6.45) is 1.39. The van der Waals surface area contributed by atoms with Crippen LogP contribution in [0.5, 0.6) is 0 Å². The molecule has 0 aliphatic carbocycles. The van der Waals surface area contributed by atoms with Gasteiger partial charge in [0.25, 0.3) is 5.69 Å². The second kappa shape index (κ2) is 5.74. The zero-order valence-electron chi connectivity index (χ0n) is 12.4. The van der Waals surface area contributed by atoms with Crippen LogP contribution in [0.1, 0.15) is 30.3 Å². The molecule has 23 heavy (non-hydrogen) atoms. The van der Waals surface area contributed by atoms with E-state index in [2.05, 4.69) is 5.16 Å². The molecule has 2 aromatic rings. The minimum atomic E-state index is -3.74. The van der Waals surface area contributed by atoms with Crippen LogP contribution < -0.4 is 0 Å². The minimum Gasteiger partial charge on any atom is -0.361 e. The molecule has 0 amide bonds. The average molecular weight is 337 g/mol. The molecule has 1 saturated heterocycles. The summed E-state index contributed by atoms with van der Waals surface area (Å²) in [4.78, 5) is 10.2. The van der Waals surface area contributed by atoms with Crippen molar-refractivity contribution in [2.24, 2.45) is 0 Å². The number of hydrogen-bond donors (Lipinski definition) is 0. The van der Waals surface area contributed by atoms with Crippen LogP contribution in [0.4, 0.5) is 5.69 Å². The molecule has 1 aromatic heterocycles. The minimum absolute atomic E-state index is 0.0372. The Hall–Kier alpha value is -2.26. The summed E-state index contributed by atoms with van der Waals surface area (Å²) in [6.45, 7) is 2.14. The Labute approximate surface area is 132 Å². The third-order valence-corrected chi connectivity index (χ3v) is 5.77. The number of nitrogens with zero attached hydrogens (tertiary/aromatic N) is 3. The van der Waals surface area contributed by atoms with E-state index in [0.29, 0.717) is 24.4 Å². The molecule has 3 rings (SSSR count). The summed E-state index contributed by atoms with van der Waals surface area (Å²) < 4.78 is 32.0. The van der Waals surface area contributed by atoms with Gasteiger partial charge in [0.05, 0.1) is 15.9 Å². The highest BCUT2D eigenvalue weighted by Crippen LogP contribution is 2.36. The molecular formula is C14H15N3O5S. The van der Waals surface area contributed by atoms with Gasteiger partial charge in [-0.1, -0.05) is 5.16 Å². The maximum atomic E-state index is 12.8. The van der Waals surface area contributed by atoms with Crippen LogP contribution in [-0.4, -0.2) is 29.3 Å². The molecule has 8 nitrogen and oxygen atoms in total. The SMILES string of the molecule is Cc1cc(C2CCCN2S(=O)(=O)c2ccc([N+](=O)[O-])cc2)no1. The predicted molar refractivity (Wildman–Crippen MR) is 80.2 cm³/mol. The maximum absolute atomic E-state index is 12.8. The molecule has 1 aliphatic heterocycles. The molecule has 0 spiro atoms. The summed E-state index contributed by atoms with van der Waals surface area (Å²) in [7, 11) is -3.74. The van der Waals surface area contributed by atoms with Gasteiger partial charge in [-0.05, 0) is 31.9 Å². The van der Waals surface area contributed by atoms with Crippen LogP contribution in [0.3, 0.4) is 0 Å². The zero-order chi connectivity index (χ0) is 16.6. The average Bonchev–Trinajstić information content (AvgIpc) is 3.16. The molecule has 1 aliphatic rings. The van der Waals surface area contributed by atoms with Gasteiger partial charge < -0.3 is 4.52 Å². The van der Waals surface area contributed by atoms with Gasteiger partial charge >= 0.3 is 0 Å². The second-order valence-corrected chi connectivity index (χ2v) is 7.28. The largest absolute Gasteiger partial charge is 0.361 e. The Morgan fingerprint density at radius 1 is 1.35 bits per heavy atom. The molecule has 0 radical (unpaired) electrons. The van der Waals surface area contributed by atoms with Crippen molar-refractivity contribution in [3.63, 3.8) is 0 Å². The lowest BCUT2D eigenvalue weighted by Crippen LogP contribution is -2.30. The van der Waals surface area contributed by atoms with Gasteiger partial charge in [-0.3, -0.25) is 10.1 Å². The summed E-state index contributed by atoms with van der Waals surface area (Å²) in [5, 5.41) is 14.6. The molecular weight excluding hydrogens is 322 g/mol. The van der Waals surface area contributed by atoms with Gasteiger partial charge in [-0.25, -0.2) is 8.42 Å². The maximum Gasteiger partial charge on any atom is 0.269 e. The molecule has 1 fully saturated rings. The zero-order valence-corrected chi connectivity index (χ0v) is 13.2. The fraction of sp³-hybridized carbons (Fsp3) is 0.357. The first-order valence-corrected chi connectivity index (χ1v) is 8.53. The fourth-order valence-corrected chi connectivity index (χ4v) is 4.41. The van der Waals surface area contributed by atoms with E-state index in [9.17, 15) is 18.5 Å². The topological polar surface area (TPSA) is 107 Å². The van der Waals surface area contributed by atoms with Crippen molar-refractivity contribution in [3.05, 3.63) is 51.9 Å². The van der Waals surface area contributed by atoms with Crippen LogP contribution >= 0.6 is 0 Å². The van der Waals surface area contributed by atoms with Crippen molar-refractivity contribution in [2.45, 2.75) is 30.7 Å². The van der Waals surface area contributed by atoms with Gasteiger partial charge in [-0.2, -0.15) is 4.31 Å². The van der Waals surface area contributed by atoms with E-state index in [4.69, 9.17) is 4.52 Å². The van der Waals surface area contributed by atoms with E-state index in [-0.39, 0.29) is 16.6 Å². The first kappa shape index (κ1) is 15.6. The number of sulfonamides is 1. The van der Waals surface area contributed by atoms with E-state index < -0.39 is 14.9 Å². The van der Waals surface area contributed by atoms with E-state index in [1.54, 1.807) is 13.0 Å². The molecule has 2 heterocycles. The van der Waals surface area contributed by atoms with Crippen LogP contribution in [0, 0.1) is 17.0 Å². The first-order valence-electron chi connectivity index (χ1n) is 7.09. The lowest BCUT2D eigenvalue weighted by Gasteiger charge is -2.22. The van der Waals surface area contributed by atoms with Gasteiger partial charge in [0.1, 0.15) is 11.5 Å². The third kappa shape index (κ3) is 2.84. The normalized spacial score (nSPS) is 19.1. The smallest absolute Gasteiger partial charge is 0.269 e. The van der Waals surface area contributed by atoms with E-state index in [1.165, 1.54) is 28.6 Å². The Balaban J connectivity index is 1.93. The molecule has 1 aromatic carbocycles. The van der Waals surface area contributed by atoms with Gasteiger partial charge in [0, 0.05) is 24.7 Å². The fourth-order valence-electron chi connectivity index (χ4n) is 2.74. The number of rotatable bonds is 4. The Morgan fingerprint density at radius 2 is 2.04 bits per heavy atom. The van der Waals surface area contributed by atoms with Crippen LogP contribution in [0.15, 0.2) is 39.8 Å². The summed E-state index contributed by atoms with van der Waals surface area (Å²) in [6, 6.07) is 6.27. The van der Waals surface area contributed by atoms with Crippen molar-refractivity contribution < 1.29 is 17.9 Å². The van der Waals surface area contributed by atoms with Gasteiger partial charge in [0.2, 0.25) is 10.0 Å². The van der Waals surface area contributed by atoms with Crippen molar-refractivity contribution in [2.75, 3.05) is 6.54 Å². The quantitative estimate of drug-likeness (QED) is 0.626. The van der Waals surface area contributed by atoms with Crippen molar-refractivity contribution in [1.82, 2.24) is 9.46 Å². The highest BCUT2D eigenvalue weighted by molar-refractivity contribution is 7.89. The second-order valence-electron chi connectivity index (χ2n) is 5.39. The highest BCUT2D eigenvalue weighted by atomic mass is 32.2. The van der Waals surface area contributed by atoms with Crippen molar-refractivity contribution in [1.29, 1.82) is 0 Å². The third-order valence-electron chi connectivity index (χ3n) is 3.85. The van der Waals surface area contributed by atoms with Crippen LogP contribution in [0.2, 0.25) is 0 Å². The highest BCUT2D eigenvalue weighted by Gasteiger charge is 2.37. The Morgan fingerprint density at radius 3 is 2.61 bits per heavy atom. The number of aromatic nitrogens is 1. The van der Waals surface area contributed by atoms with E-state index >= 15 is 0 Å². The molecule has 0 saturated carbocycles. The first-order chi connectivity index (χ1) is 10.9. The lowest BCUT2D eigenvalue weighted by atomic mass is 10.1. The molecule has 122 valence electrons. The number of nitro benzene ring substituents is 1. The summed E-state index contributed by atoms with van der Waals surface area (Å²) >= 11 is 0. The summed E-state index contributed by atoms with van der Waals surface area (Å²) in [5.74, 6) is 0.625. The number of aryl methyl sites for hydroxylation is 1. The number of benzene rings is 1. The van der Waals surface area contributed by atoms with E-state index in [1.807, 2.05) is 0 Å². The number of hydrogen-bond acceptors (Lipinski definition) is 6.